The normalized spacial score (nSPS) is 13.6. The van der Waals surface area contributed by atoms with Crippen molar-refractivity contribution in [2.45, 2.75) is 84.2 Å². The number of nitrogens with two attached hydrogens (primary N) is 1. The van der Waals surface area contributed by atoms with Crippen molar-refractivity contribution in [3.63, 3.8) is 0 Å². The molecule has 0 aromatic heterocycles. The highest BCUT2D eigenvalue weighted by molar-refractivity contribution is 8.77. The smallest absolute Gasteiger partial charge is 0.302 e. The second-order valence-electron chi connectivity index (χ2n) is 8.27. The number of carbonyl (C=O) groups excluding carboxylic acids is 4. The van der Waals surface area contributed by atoms with Gasteiger partial charge in [-0.2, -0.15) is 0 Å². The van der Waals surface area contributed by atoms with Crippen LogP contribution in [0.5, 0.6) is 0 Å². The van der Waals surface area contributed by atoms with Crippen LogP contribution in [0.25, 0.3) is 0 Å². The van der Waals surface area contributed by atoms with E-state index in [-0.39, 0.29) is 42.4 Å². The number of nitrogens with zero attached hydrogens (tertiary/aromatic N) is 1. The molecule has 0 saturated heterocycles. The molecule has 9 nitrogen and oxygen atoms in total. The van der Waals surface area contributed by atoms with E-state index in [1.807, 2.05) is 34.6 Å². The molecule has 33 heavy (non-hydrogen) atoms. The van der Waals surface area contributed by atoms with E-state index in [4.69, 9.17) is 15.2 Å². The molecule has 0 aliphatic heterocycles. The van der Waals surface area contributed by atoms with E-state index >= 15 is 0 Å². The lowest BCUT2D eigenvalue weighted by molar-refractivity contribution is -0.140. The summed E-state index contributed by atoms with van der Waals surface area (Å²) in [6.07, 6.45) is 1.46. The van der Waals surface area contributed by atoms with Gasteiger partial charge >= 0.3 is 5.97 Å². The molecule has 3 N–H and O–H groups in total. The molecule has 0 aromatic rings. The molecule has 2 atom stereocenters. The number of likely N-dealkylation sites (N-methyl/N-ethyl adjacent to an activating group) is 1. The predicted molar refractivity (Wildman–Crippen MR) is 136 cm³/mol. The number of carbonyl (C=O) groups is 4. The minimum Gasteiger partial charge on any atom is -0.465 e. The van der Waals surface area contributed by atoms with Crippen LogP contribution in [0, 0.1) is 0 Å². The lowest BCUT2D eigenvalue weighted by atomic mass is 10.0. The lowest BCUT2D eigenvalue weighted by Gasteiger charge is -2.30. The SMILES string of the molecule is CC.CC(=O)OCC(C)SSCC(C)(N)OCCC(C)(C)NC(=O)CN(C)C(=O)CCC=O. The maximum atomic E-state index is 12.2. The molecule has 2 amide bonds. The summed E-state index contributed by atoms with van der Waals surface area (Å²) in [5.41, 5.74) is 4.81. The maximum absolute atomic E-state index is 12.2. The van der Waals surface area contributed by atoms with Crippen LogP contribution in [0.4, 0.5) is 0 Å². The van der Waals surface area contributed by atoms with Gasteiger partial charge in [-0.05, 0) is 34.1 Å². The quantitative estimate of drug-likeness (QED) is 0.140. The van der Waals surface area contributed by atoms with Crippen molar-refractivity contribution >= 4 is 45.7 Å². The van der Waals surface area contributed by atoms with Crippen molar-refractivity contribution < 1.29 is 28.7 Å². The fourth-order valence-electron chi connectivity index (χ4n) is 2.27. The van der Waals surface area contributed by atoms with Gasteiger partial charge in [-0.3, -0.25) is 14.4 Å². The highest BCUT2D eigenvalue weighted by Crippen LogP contribution is 2.30. The molecule has 0 radical (unpaired) electrons. The first-order valence-electron chi connectivity index (χ1n) is 11.1. The van der Waals surface area contributed by atoms with Gasteiger partial charge in [0.2, 0.25) is 11.8 Å². The average Bonchev–Trinajstić information content (AvgIpc) is 2.70. The fraction of sp³-hybridized carbons (Fsp3) is 0.818. The fourth-order valence-corrected chi connectivity index (χ4v) is 4.78. The molecule has 2 unspecified atom stereocenters. The highest BCUT2D eigenvalue weighted by Gasteiger charge is 2.25. The first-order chi connectivity index (χ1) is 15.3. The van der Waals surface area contributed by atoms with Gasteiger partial charge in [-0.1, -0.05) is 35.4 Å². The van der Waals surface area contributed by atoms with Crippen molar-refractivity contribution in [2.24, 2.45) is 5.73 Å². The van der Waals surface area contributed by atoms with Gasteiger partial charge in [0.25, 0.3) is 0 Å². The van der Waals surface area contributed by atoms with Crippen molar-refractivity contribution in [1.82, 2.24) is 10.2 Å². The summed E-state index contributed by atoms with van der Waals surface area (Å²) in [6, 6.07) is 0. The summed E-state index contributed by atoms with van der Waals surface area (Å²) in [7, 11) is 4.66. The van der Waals surface area contributed by atoms with Gasteiger partial charge in [0.05, 0.1) is 13.2 Å². The first kappa shape index (κ1) is 33.9. The molecular formula is C22H43N3O6S2. The summed E-state index contributed by atoms with van der Waals surface area (Å²) in [6.45, 7) is 13.5. The number of hydrogen-bond acceptors (Lipinski definition) is 9. The van der Waals surface area contributed by atoms with E-state index in [1.54, 1.807) is 28.5 Å². The van der Waals surface area contributed by atoms with Gasteiger partial charge in [0, 0.05) is 43.4 Å². The van der Waals surface area contributed by atoms with Crippen LogP contribution in [-0.4, -0.2) is 78.0 Å². The molecule has 0 saturated carbocycles. The standard InChI is InChI=1S/C20H37N3O6S2.C2H6/c1-15(13-28-16(2)25)31-30-14-20(5,21)29-11-9-19(3,4)22-17(26)12-23(6)18(27)8-7-10-24;1-2/h10,15H,7-9,11-14,21H2,1-6H3,(H,22,26);1-2H3. The Morgan fingerprint density at radius 1 is 1.21 bits per heavy atom. The third kappa shape index (κ3) is 19.8. The van der Waals surface area contributed by atoms with Gasteiger partial charge < -0.3 is 30.2 Å². The molecule has 0 spiro atoms. The zero-order chi connectivity index (χ0) is 26.1. The highest BCUT2D eigenvalue weighted by atomic mass is 33.1. The van der Waals surface area contributed by atoms with Crippen molar-refractivity contribution in [3.8, 4) is 0 Å². The number of aldehydes is 1. The molecule has 0 aliphatic carbocycles. The van der Waals surface area contributed by atoms with E-state index < -0.39 is 11.3 Å². The summed E-state index contributed by atoms with van der Waals surface area (Å²) < 4.78 is 10.8. The second kappa shape index (κ2) is 18.1. The lowest BCUT2D eigenvalue weighted by Crippen LogP contribution is -2.49. The van der Waals surface area contributed by atoms with Crippen LogP contribution in [-0.2, 0) is 28.7 Å². The van der Waals surface area contributed by atoms with Crippen LogP contribution < -0.4 is 11.1 Å². The molecule has 0 rings (SSSR count). The van der Waals surface area contributed by atoms with E-state index in [9.17, 15) is 19.2 Å². The zero-order valence-electron chi connectivity index (χ0n) is 21.4. The number of hydrogen-bond donors (Lipinski definition) is 2. The van der Waals surface area contributed by atoms with E-state index in [1.165, 1.54) is 18.9 Å². The minimum atomic E-state index is -0.843. The summed E-state index contributed by atoms with van der Waals surface area (Å²) in [5.74, 6) is -0.283. The van der Waals surface area contributed by atoms with Gasteiger partial charge in [0.15, 0.2) is 0 Å². The summed E-state index contributed by atoms with van der Waals surface area (Å²) >= 11 is 0. The third-order valence-corrected chi connectivity index (χ3v) is 7.06. The molecule has 0 bridgehead atoms. The maximum Gasteiger partial charge on any atom is 0.302 e. The van der Waals surface area contributed by atoms with E-state index in [2.05, 4.69) is 5.32 Å². The summed E-state index contributed by atoms with van der Waals surface area (Å²) in [5, 5.41) is 3.03. The predicted octanol–water partition coefficient (Wildman–Crippen LogP) is 2.76. The average molecular weight is 510 g/mol. The zero-order valence-corrected chi connectivity index (χ0v) is 23.0. The monoisotopic (exact) mass is 509 g/mol. The Balaban J connectivity index is 0. The van der Waals surface area contributed by atoms with Crippen molar-refractivity contribution in [1.29, 1.82) is 0 Å². The number of rotatable bonds is 16. The van der Waals surface area contributed by atoms with Gasteiger partial charge in [-0.25, -0.2) is 0 Å². The van der Waals surface area contributed by atoms with Crippen LogP contribution in [0.3, 0.4) is 0 Å². The van der Waals surface area contributed by atoms with Gasteiger partial charge in [-0.15, -0.1) is 0 Å². The number of nitrogens with one attached hydrogen (secondary N) is 1. The molecule has 0 heterocycles. The Morgan fingerprint density at radius 2 is 1.82 bits per heavy atom. The Kier molecular flexibility index (Phi) is 18.6. The van der Waals surface area contributed by atoms with Crippen LogP contribution in [0.1, 0.15) is 67.7 Å². The number of esters is 1. The Hall–Kier alpha value is -1.30. The van der Waals surface area contributed by atoms with Crippen molar-refractivity contribution in [3.05, 3.63) is 0 Å². The molecule has 0 aliphatic rings. The minimum absolute atomic E-state index is 0.0734. The van der Waals surface area contributed by atoms with Gasteiger partial charge in [0.1, 0.15) is 18.6 Å². The molecule has 194 valence electrons. The van der Waals surface area contributed by atoms with Crippen LogP contribution >= 0.6 is 21.6 Å². The number of ether oxygens (including phenoxy) is 2. The van der Waals surface area contributed by atoms with E-state index in [0.717, 1.165) is 0 Å². The van der Waals surface area contributed by atoms with Crippen LogP contribution in [0.15, 0.2) is 0 Å². The molecule has 0 aromatic carbocycles. The third-order valence-electron chi connectivity index (χ3n) is 4.02. The van der Waals surface area contributed by atoms with Crippen molar-refractivity contribution in [2.75, 3.05) is 32.6 Å². The Labute approximate surface area is 207 Å². The molecule has 0 fully saturated rings. The molecular weight excluding hydrogens is 466 g/mol. The molecule has 11 heteroatoms. The second-order valence-corrected chi connectivity index (χ2v) is 11.1. The largest absolute Gasteiger partial charge is 0.465 e. The topological polar surface area (TPSA) is 128 Å². The Bertz CT molecular complexity index is 603. The Morgan fingerprint density at radius 3 is 2.36 bits per heavy atom. The first-order valence-corrected chi connectivity index (χ1v) is 13.5. The number of amides is 2. The van der Waals surface area contributed by atoms with E-state index in [0.29, 0.717) is 31.7 Å². The van der Waals surface area contributed by atoms with Crippen LogP contribution in [0.2, 0.25) is 0 Å². The summed E-state index contributed by atoms with van der Waals surface area (Å²) in [4.78, 5) is 46.5.